The zero-order valence-corrected chi connectivity index (χ0v) is 12.1. The third-order valence-corrected chi connectivity index (χ3v) is 4.66. The van der Waals surface area contributed by atoms with Crippen molar-refractivity contribution in [3.8, 4) is 0 Å². The summed E-state index contributed by atoms with van der Waals surface area (Å²) in [6, 6.07) is 6.67. The summed E-state index contributed by atoms with van der Waals surface area (Å²) < 4.78 is 0. The van der Waals surface area contributed by atoms with Crippen LogP contribution in [0.4, 0.5) is 4.79 Å². The Morgan fingerprint density at radius 2 is 1.95 bits per heavy atom. The molecule has 0 spiro atoms. The van der Waals surface area contributed by atoms with Crippen LogP contribution in [0.5, 0.6) is 0 Å². The standard InChI is InChI=1S/C16H20N2O3/c1-16(7-4-8-16)17-15(21)18-10-12-6-3-2-5-11(12)9-13(18)14(19)20/h2-3,5-6,13H,4,7-10H2,1H3,(H,17,21)(H,19,20)/t13-/m1/s1. The summed E-state index contributed by atoms with van der Waals surface area (Å²) in [5.74, 6) is -0.946. The van der Waals surface area contributed by atoms with Gasteiger partial charge in [-0.15, -0.1) is 0 Å². The lowest BCUT2D eigenvalue weighted by molar-refractivity contribution is -0.142. The second kappa shape index (κ2) is 5.06. The Kier molecular flexibility index (Phi) is 3.35. The van der Waals surface area contributed by atoms with Crippen molar-refractivity contribution in [2.24, 2.45) is 0 Å². The average molecular weight is 288 g/mol. The second-order valence-corrected chi connectivity index (χ2v) is 6.30. The number of carboxylic acids is 1. The molecule has 3 rings (SSSR count). The fourth-order valence-corrected chi connectivity index (χ4v) is 3.12. The SMILES string of the molecule is CC1(NC(=O)N2Cc3ccccc3C[C@@H]2C(=O)O)CCC1. The molecule has 2 N–H and O–H groups in total. The van der Waals surface area contributed by atoms with Gasteiger partial charge in [-0.05, 0) is 37.3 Å². The van der Waals surface area contributed by atoms with Gasteiger partial charge in [0.2, 0.25) is 0 Å². The smallest absolute Gasteiger partial charge is 0.326 e. The number of urea groups is 1. The summed E-state index contributed by atoms with van der Waals surface area (Å²) in [5, 5.41) is 12.4. The predicted molar refractivity (Wildman–Crippen MR) is 77.9 cm³/mol. The Labute approximate surface area is 123 Å². The highest BCUT2D eigenvalue weighted by Gasteiger charge is 2.39. The Bertz CT molecular complexity index is 581. The van der Waals surface area contributed by atoms with Crippen LogP contribution in [0, 0.1) is 0 Å². The van der Waals surface area contributed by atoms with Crippen LogP contribution in [0.2, 0.25) is 0 Å². The average Bonchev–Trinajstić information content (AvgIpc) is 2.44. The van der Waals surface area contributed by atoms with Crippen molar-refractivity contribution in [1.82, 2.24) is 10.2 Å². The van der Waals surface area contributed by atoms with Crippen LogP contribution in [0.25, 0.3) is 0 Å². The van der Waals surface area contributed by atoms with E-state index in [-0.39, 0.29) is 11.6 Å². The van der Waals surface area contributed by atoms with Crippen LogP contribution < -0.4 is 5.32 Å². The van der Waals surface area contributed by atoms with Crippen molar-refractivity contribution < 1.29 is 14.7 Å². The van der Waals surface area contributed by atoms with Crippen LogP contribution in [0.3, 0.4) is 0 Å². The first-order valence-electron chi connectivity index (χ1n) is 7.37. The van der Waals surface area contributed by atoms with E-state index in [1.54, 1.807) is 0 Å². The van der Waals surface area contributed by atoms with Gasteiger partial charge in [-0.25, -0.2) is 9.59 Å². The highest BCUT2D eigenvalue weighted by Crippen LogP contribution is 2.32. The predicted octanol–water partition coefficient (Wildman–Crippen LogP) is 2.15. The van der Waals surface area contributed by atoms with Gasteiger partial charge < -0.3 is 15.3 Å². The Morgan fingerprint density at radius 1 is 1.29 bits per heavy atom. The minimum Gasteiger partial charge on any atom is -0.480 e. The quantitative estimate of drug-likeness (QED) is 0.876. The lowest BCUT2D eigenvalue weighted by Crippen LogP contribution is -2.59. The molecule has 1 aromatic carbocycles. The van der Waals surface area contributed by atoms with Gasteiger partial charge in [0.25, 0.3) is 0 Å². The van der Waals surface area contributed by atoms with E-state index >= 15 is 0 Å². The Morgan fingerprint density at radius 3 is 2.52 bits per heavy atom. The lowest BCUT2D eigenvalue weighted by Gasteiger charge is -2.42. The van der Waals surface area contributed by atoms with Gasteiger partial charge in [0.05, 0.1) is 0 Å². The Hall–Kier alpha value is -2.04. The molecule has 5 heteroatoms. The summed E-state index contributed by atoms with van der Waals surface area (Å²) >= 11 is 0. The molecule has 1 atom stereocenters. The lowest BCUT2D eigenvalue weighted by atomic mass is 9.78. The van der Waals surface area contributed by atoms with Crippen molar-refractivity contribution in [3.63, 3.8) is 0 Å². The fraction of sp³-hybridized carbons (Fsp3) is 0.500. The van der Waals surface area contributed by atoms with Gasteiger partial charge in [0.15, 0.2) is 0 Å². The van der Waals surface area contributed by atoms with Crippen molar-refractivity contribution >= 4 is 12.0 Å². The van der Waals surface area contributed by atoms with Crippen molar-refractivity contribution in [2.75, 3.05) is 0 Å². The number of benzene rings is 1. The number of nitrogens with one attached hydrogen (secondary N) is 1. The Balaban J connectivity index is 1.82. The molecule has 0 saturated heterocycles. The van der Waals surface area contributed by atoms with E-state index in [4.69, 9.17) is 0 Å². The van der Waals surface area contributed by atoms with E-state index in [9.17, 15) is 14.7 Å². The molecule has 2 aliphatic rings. The van der Waals surface area contributed by atoms with Crippen LogP contribution in [0.15, 0.2) is 24.3 Å². The second-order valence-electron chi connectivity index (χ2n) is 6.30. The molecule has 0 bridgehead atoms. The van der Waals surface area contributed by atoms with Gasteiger partial charge in [-0.1, -0.05) is 24.3 Å². The monoisotopic (exact) mass is 288 g/mol. The first kappa shape index (κ1) is 13.9. The summed E-state index contributed by atoms with van der Waals surface area (Å²) in [4.78, 5) is 25.4. The fourth-order valence-electron chi connectivity index (χ4n) is 3.12. The van der Waals surface area contributed by atoms with E-state index < -0.39 is 12.0 Å². The summed E-state index contributed by atoms with van der Waals surface area (Å²) in [7, 11) is 0. The van der Waals surface area contributed by atoms with Crippen molar-refractivity contribution in [1.29, 1.82) is 0 Å². The van der Waals surface area contributed by atoms with Crippen LogP contribution in [0.1, 0.15) is 37.3 Å². The molecule has 1 saturated carbocycles. The van der Waals surface area contributed by atoms with E-state index in [1.165, 1.54) is 4.90 Å². The number of nitrogens with zero attached hydrogens (tertiary/aromatic N) is 1. The highest BCUT2D eigenvalue weighted by molar-refractivity contribution is 5.84. The van der Waals surface area contributed by atoms with Gasteiger partial charge >= 0.3 is 12.0 Å². The zero-order chi connectivity index (χ0) is 15.0. The van der Waals surface area contributed by atoms with Crippen LogP contribution >= 0.6 is 0 Å². The molecule has 0 radical (unpaired) electrons. The molecule has 1 aliphatic carbocycles. The third kappa shape index (κ3) is 2.60. The molecule has 1 heterocycles. The number of amides is 2. The van der Waals surface area contributed by atoms with Gasteiger partial charge in [-0.2, -0.15) is 0 Å². The molecule has 2 amide bonds. The number of carbonyl (C=O) groups is 2. The summed E-state index contributed by atoms with van der Waals surface area (Å²) in [6.45, 7) is 2.37. The molecular formula is C16H20N2O3. The van der Waals surface area contributed by atoms with Crippen LogP contribution in [-0.4, -0.2) is 33.6 Å². The zero-order valence-electron chi connectivity index (χ0n) is 12.1. The van der Waals surface area contributed by atoms with Crippen molar-refractivity contribution in [3.05, 3.63) is 35.4 Å². The largest absolute Gasteiger partial charge is 0.480 e. The maximum atomic E-state index is 12.5. The molecule has 1 fully saturated rings. The first-order valence-corrected chi connectivity index (χ1v) is 7.37. The maximum absolute atomic E-state index is 12.5. The van der Waals surface area contributed by atoms with Crippen LogP contribution in [-0.2, 0) is 17.8 Å². The van der Waals surface area contributed by atoms with E-state index in [0.717, 1.165) is 30.4 Å². The van der Waals surface area contributed by atoms with Gasteiger partial charge in [0.1, 0.15) is 6.04 Å². The molecule has 21 heavy (non-hydrogen) atoms. The number of fused-ring (bicyclic) bond motifs is 1. The molecular weight excluding hydrogens is 268 g/mol. The van der Waals surface area contributed by atoms with Crippen molar-refractivity contribution in [2.45, 2.75) is 50.7 Å². The molecule has 1 aromatic rings. The topological polar surface area (TPSA) is 69.6 Å². The number of hydrogen-bond acceptors (Lipinski definition) is 2. The molecule has 0 aromatic heterocycles. The highest BCUT2D eigenvalue weighted by atomic mass is 16.4. The number of rotatable bonds is 2. The van der Waals surface area contributed by atoms with E-state index in [1.807, 2.05) is 31.2 Å². The van der Waals surface area contributed by atoms with E-state index in [2.05, 4.69) is 5.32 Å². The summed E-state index contributed by atoms with van der Waals surface area (Å²) in [6.07, 6.45) is 3.40. The van der Waals surface area contributed by atoms with E-state index in [0.29, 0.717) is 13.0 Å². The number of carbonyl (C=O) groups excluding carboxylic acids is 1. The third-order valence-electron chi connectivity index (χ3n) is 4.66. The molecule has 0 unspecified atom stereocenters. The minimum absolute atomic E-state index is 0.170. The number of carboxylic acid groups (broad SMARTS) is 1. The number of aliphatic carboxylic acids is 1. The maximum Gasteiger partial charge on any atom is 0.326 e. The van der Waals surface area contributed by atoms with Gasteiger partial charge in [-0.3, -0.25) is 0 Å². The van der Waals surface area contributed by atoms with Gasteiger partial charge in [0, 0.05) is 18.5 Å². The minimum atomic E-state index is -0.946. The number of hydrogen-bond donors (Lipinski definition) is 2. The molecule has 112 valence electrons. The molecule has 1 aliphatic heterocycles. The first-order chi connectivity index (χ1) is 9.98. The normalized spacial score (nSPS) is 22.9. The molecule has 5 nitrogen and oxygen atoms in total. The summed E-state index contributed by atoms with van der Waals surface area (Å²) in [5.41, 5.74) is 1.88.